The van der Waals surface area contributed by atoms with Crippen LogP contribution in [0.2, 0.25) is 0 Å². The first kappa shape index (κ1) is 28.2. The van der Waals surface area contributed by atoms with Crippen LogP contribution in [0, 0.1) is 0 Å². The minimum atomic E-state index is -0.493. The Labute approximate surface area is 296 Å². The van der Waals surface area contributed by atoms with E-state index in [1.165, 1.54) is 71.9 Å². The van der Waals surface area contributed by atoms with Crippen molar-refractivity contribution in [1.82, 2.24) is 4.57 Å². The molecule has 8 aromatic carbocycles. The summed E-state index contributed by atoms with van der Waals surface area (Å²) in [4.78, 5) is 0. The maximum atomic E-state index is 6.71. The molecule has 0 amide bonds. The van der Waals surface area contributed by atoms with Crippen molar-refractivity contribution in [2.75, 3.05) is 0 Å². The molecule has 1 spiro atoms. The molecule has 2 nitrogen and oxygen atoms in total. The molecule has 0 saturated heterocycles. The first-order valence-corrected chi connectivity index (χ1v) is 17.6. The maximum absolute atomic E-state index is 6.71. The van der Waals surface area contributed by atoms with E-state index in [-0.39, 0.29) is 0 Å². The van der Waals surface area contributed by atoms with Crippen molar-refractivity contribution in [1.29, 1.82) is 0 Å². The van der Waals surface area contributed by atoms with Gasteiger partial charge in [-0.25, -0.2) is 0 Å². The zero-order chi connectivity index (χ0) is 33.5. The van der Waals surface area contributed by atoms with Crippen LogP contribution >= 0.6 is 0 Å². The Morgan fingerprint density at radius 1 is 0.373 bits per heavy atom. The van der Waals surface area contributed by atoms with Gasteiger partial charge >= 0.3 is 0 Å². The number of hydrogen-bond donors (Lipinski definition) is 0. The number of aromatic nitrogens is 1. The van der Waals surface area contributed by atoms with Gasteiger partial charge in [-0.15, -0.1) is 0 Å². The quantitative estimate of drug-likeness (QED) is 0.186. The van der Waals surface area contributed by atoms with Crippen molar-refractivity contribution < 1.29 is 4.74 Å². The summed E-state index contributed by atoms with van der Waals surface area (Å²) in [5.74, 6) is 1.81. The van der Waals surface area contributed by atoms with E-state index in [0.29, 0.717) is 0 Å². The van der Waals surface area contributed by atoms with E-state index in [1.54, 1.807) is 0 Å². The molecule has 0 bridgehead atoms. The standard InChI is InChI=1S/C49H31NO/c1-2-16-35(17-3-1)50-45-26-10-6-20-39(45)40-22-13-21-36(48(40)50)34-15-12-14-32(30-34)33-28-29-47-44(31-33)49(43-25-9-11-27-46(43)51-47)41-23-7-4-18-37(41)38-19-5-8-24-42(38)49/h1-31H. The number of hydrogen-bond acceptors (Lipinski definition) is 1. The van der Waals surface area contributed by atoms with Crippen molar-refractivity contribution >= 4 is 21.8 Å². The normalized spacial score (nSPS) is 13.4. The highest BCUT2D eigenvalue weighted by atomic mass is 16.5. The summed E-state index contributed by atoms with van der Waals surface area (Å²) in [7, 11) is 0. The average Bonchev–Trinajstić information content (AvgIpc) is 3.70. The summed E-state index contributed by atoms with van der Waals surface area (Å²) in [6.45, 7) is 0. The Morgan fingerprint density at radius 3 is 1.78 bits per heavy atom. The lowest BCUT2D eigenvalue weighted by atomic mass is 9.66. The first-order valence-electron chi connectivity index (χ1n) is 17.6. The third-order valence-electron chi connectivity index (χ3n) is 11.1. The molecule has 0 unspecified atom stereocenters. The number of para-hydroxylation sites is 4. The number of fused-ring (bicyclic) bond motifs is 12. The van der Waals surface area contributed by atoms with E-state index in [9.17, 15) is 0 Å². The van der Waals surface area contributed by atoms with Gasteiger partial charge in [0.15, 0.2) is 0 Å². The van der Waals surface area contributed by atoms with Gasteiger partial charge in [0.05, 0.1) is 16.4 Å². The second kappa shape index (κ2) is 10.7. The van der Waals surface area contributed by atoms with Crippen molar-refractivity contribution in [3.8, 4) is 50.6 Å². The summed E-state index contributed by atoms with van der Waals surface area (Å²) in [6.07, 6.45) is 0. The van der Waals surface area contributed by atoms with Crippen LogP contribution in [0.5, 0.6) is 11.5 Å². The lowest BCUT2D eigenvalue weighted by Gasteiger charge is -2.39. The average molecular weight is 650 g/mol. The smallest absolute Gasteiger partial charge is 0.132 e. The van der Waals surface area contributed by atoms with E-state index in [0.717, 1.165) is 22.7 Å². The largest absolute Gasteiger partial charge is 0.457 e. The Bertz CT molecular complexity index is 2800. The topological polar surface area (TPSA) is 14.2 Å². The van der Waals surface area contributed by atoms with E-state index in [2.05, 4.69) is 193 Å². The highest BCUT2D eigenvalue weighted by Gasteiger charge is 2.51. The Morgan fingerprint density at radius 2 is 0.961 bits per heavy atom. The molecule has 11 rings (SSSR count). The van der Waals surface area contributed by atoms with E-state index in [1.807, 2.05) is 0 Å². The third-order valence-corrected chi connectivity index (χ3v) is 11.1. The third kappa shape index (κ3) is 3.87. The van der Waals surface area contributed by atoms with Crippen LogP contribution in [-0.4, -0.2) is 4.57 Å². The summed E-state index contributed by atoms with van der Waals surface area (Å²) in [6, 6.07) is 68.3. The molecule has 238 valence electrons. The molecular weight excluding hydrogens is 619 g/mol. The highest BCUT2D eigenvalue weighted by Crippen LogP contribution is 2.62. The molecule has 0 saturated carbocycles. The number of benzene rings is 8. The Balaban J connectivity index is 1.14. The lowest BCUT2D eigenvalue weighted by Crippen LogP contribution is -2.32. The first-order chi connectivity index (χ1) is 25.3. The van der Waals surface area contributed by atoms with Crippen LogP contribution in [0.1, 0.15) is 22.3 Å². The Hall–Kier alpha value is -6.64. The monoisotopic (exact) mass is 649 g/mol. The van der Waals surface area contributed by atoms with Crippen LogP contribution < -0.4 is 4.74 Å². The summed E-state index contributed by atoms with van der Waals surface area (Å²) < 4.78 is 9.12. The van der Waals surface area contributed by atoms with Crippen LogP contribution in [0.4, 0.5) is 0 Å². The fourth-order valence-electron chi connectivity index (χ4n) is 9.00. The predicted molar refractivity (Wildman–Crippen MR) is 209 cm³/mol. The van der Waals surface area contributed by atoms with Crippen molar-refractivity contribution in [3.05, 3.63) is 210 Å². The predicted octanol–water partition coefficient (Wildman–Crippen LogP) is 12.6. The molecule has 2 heterocycles. The van der Waals surface area contributed by atoms with Crippen molar-refractivity contribution in [3.63, 3.8) is 0 Å². The van der Waals surface area contributed by atoms with Gasteiger partial charge in [0.1, 0.15) is 11.5 Å². The van der Waals surface area contributed by atoms with E-state index >= 15 is 0 Å². The van der Waals surface area contributed by atoms with Gasteiger partial charge in [-0.1, -0.05) is 146 Å². The molecule has 9 aromatic rings. The molecule has 0 fully saturated rings. The minimum Gasteiger partial charge on any atom is -0.457 e. The number of rotatable bonds is 3. The lowest BCUT2D eigenvalue weighted by molar-refractivity contribution is 0.436. The summed E-state index contributed by atoms with van der Waals surface area (Å²) in [5.41, 5.74) is 15.3. The van der Waals surface area contributed by atoms with Crippen molar-refractivity contribution in [2.24, 2.45) is 0 Å². The SMILES string of the molecule is c1ccc(-n2c3ccccc3c3cccc(-c4cccc(-c5ccc6c(c5)C5(c7ccccc7O6)c6ccccc6-c6ccccc65)c4)c32)cc1. The summed E-state index contributed by atoms with van der Waals surface area (Å²) >= 11 is 0. The zero-order valence-electron chi connectivity index (χ0n) is 27.8. The Kier molecular flexibility index (Phi) is 5.91. The van der Waals surface area contributed by atoms with Crippen LogP contribution in [-0.2, 0) is 5.41 Å². The fourth-order valence-corrected chi connectivity index (χ4v) is 9.00. The molecular formula is C49H31NO. The highest BCUT2D eigenvalue weighted by molar-refractivity contribution is 6.14. The molecule has 1 aliphatic carbocycles. The second-order valence-corrected chi connectivity index (χ2v) is 13.6. The van der Waals surface area contributed by atoms with E-state index < -0.39 is 5.41 Å². The molecule has 1 aliphatic heterocycles. The van der Waals surface area contributed by atoms with Crippen LogP contribution in [0.15, 0.2) is 188 Å². The molecule has 0 atom stereocenters. The van der Waals surface area contributed by atoms with Crippen LogP contribution in [0.3, 0.4) is 0 Å². The van der Waals surface area contributed by atoms with Crippen molar-refractivity contribution in [2.45, 2.75) is 5.41 Å². The van der Waals surface area contributed by atoms with Crippen LogP contribution in [0.25, 0.3) is 60.9 Å². The van der Waals surface area contributed by atoms with Gasteiger partial charge in [0, 0.05) is 33.2 Å². The zero-order valence-corrected chi connectivity index (χ0v) is 27.8. The van der Waals surface area contributed by atoms with Gasteiger partial charge in [0.25, 0.3) is 0 Å². The van der Waals surface area contributed by atoms with Gasteiger partial charge in [-0.3, -0.25) is 0 Å². The molecule has 1 aromatic heterocycles. The molecule has 2 heteroatoms. The number of ether oxygens (including phenoxy) is 1. The molecule has 0 N–H and O–H groups in total. The summed E-state index contributed by atoms with van der Waals surface area (Å²) in [5, 5.41) is 2.51. The molecule has 51 heavy (non-hydrogen) atoms. The van der Waals surface area contributed by atoms with Gasteiger partial charge in [-0.05, 0) is 81.4 Å². The maximum Gasteiger partial charge on any atom is 0.132 e. The second-order valence-electron chi connectivity index (χ2n) is 13.6. The number of nitrogens with zero attached hydrogens (tertiary/aromatic N) is 1. The molecule has 2 aliphatic rings. The van der Waals surface area contributed by atoms with Gasteiger partial charge < -0.3 is 9.30 Å². The fraction of sp³-hybridized carbons (Fsp3) is 0.0204. The molecule has 0 radical (unpaired) electrons. The van der Waals surface area contributed by atoms with Gasteiger partial charge in [-0.2, -0.15) is 0 Å². The van der Waals surface area contributed by atoms with E-state index in [4.69, 9.17) is 4.74 Å². The minimum absolute atomic E-state index is 0.493. The van der Waals surface area contributed by atoms with Gasteiger partial charge in [0.2, 0.25) is 0 Å².